The largest absolute Gasteiger partial charge is 1.00 e. The van der Waals surface area contributed by atoms with E-state index in [9.17, 15) is 4.79 Å². The van der Waals surface area contributed by atoms with Gasteiger partial charge in [0.1, 0.15) is 5.75 Å². The molecule has 0 fully saturated rings. The van der Waals surface area contributed by atoms with E-state index in [0.717, 1.165) is 30.0 Å². The summed E-state index contributed by atoms with van der Waals surface area (Å²) in [5, 5.41) is 6.16. The predicted molar refractivity (Wildman–Crippen MR) is 105 cm³/mol. The molecular weight excluding hydrogens is 373 g/mol. The third-order valence-electron chi connectivity index (χ3n) is 4.00. The van der Waals surface area contributed by atoms with Crippen molar-refractivity contribution >= 4 is 34.7 Å². The number of rotatable bonds is 6. The van der Waals surface area contributed by atoms with Gasteiger partial charge in [-0.1, -0.05) is 11.6 Å². The first-order valence-corrected chi connectivity index (χ1v) is 8.63. The minimum Gasteiger partial charge on any atom is -1.00 e. The number of carbonyl (C=O) groups excluding carboxylic acids is 1. The highest BCUT2D eigenvalue weighted by atomic mass is 35.5. The van der Waals surface area contributed by atoms with Gasteiger partial charge in [-0.05, 0) is 62.7 Å². The van der Waals surface area contributed by atoms with Crippen molar-refractivity contribution in [1.29, 1.82) is 0 Å². The van der Waals surface area contributed by atoms with E-state index in [1.807, 2.05) is 19.1 Å². The quantitative estimate of drug-likeness (QED) is 0.786. The minimum absolute atomic E-state index is 0. The first-order chi connectivity index (χ1) is 12.0. The fraction of sp³-hybridized carbons (Fsp3) is 0.316. The van der Waals surface area contributed by atoms with Gasteiger partial charge in [-0.3, -0.25) is 0 Å². The number of aryl methyl sites for hydroxylation is 1. The molecule has 0 spiro atoms. The number of benzene rings is 2. The van der Waals surface area contributed by atoms with Gasteiger partial charge in [0.2, 0.25) is 0 Å². The predicted octanol–water partition coefficient (Wildman–Crippen LogP) is 2.15. The number of methoxy groups -OCH3 is 1. The third kappa shape index (κ3) is 5.44. The van der Waals surface area contributed by atoms with E-state index in [4.69, 9.17) is 16.3 Å². The molecule has 2 aromatic rings. The molecule has 26 heavy (non-hydrogen) atoms. The molecule has 2 N–H and O–H groups in total. The van der Waals surface area contributed by atoms with Crippen molar-refractivity contribution in [3.8, 4) is 5.75 Å². The molecule has 0 unspecified atom stereocenters. The SMILES string of the molecule is CCN(CC)c1ccc(NC(=O)Nc2cc(Cl)ccc2OC)c(C)c1.[Cl-]. The molecule has 2 amide bonds. The summed E-state index contributed by atoms with van der Waals surface area (Å²) in [5.74, 6) is 0.549. The maximum atomic E-state index is 12.3. The van der Waals surface area contributed by atoms with Crippen LogP contribution in [-0.4, -0.2) is 26.2 Å². The number of urea groups is 1. The van der Waals surface area contributed by atoms with Crippen molar-refractivity contribution in [3.63, 3.8) is 0 Å². The molecule has 0 saturated heterocycles. The molecular formula is C19H24Cl2N3O2-. The Hall–Kier alpha value is -2.11. The van der Waals surface area contributed by atoms with Gasteiger partial charge in [0.25, 0.3) is 0 Å². The van der Waals surface area contributed by atoms with Gasteiger partial charge in [-0.15, -0.1) is 0 Å². The number of halogens is 2. The zero-order valence-corrected chi connectivity index (χ0v) is 16.9. The normalized spacial score (nSPS) is 9.88. The zero-order chi connectivity index (χ0) is 18.4. The van der Waals surface area contributed by atoms with Crippen LogP contribution < -0.4 is 32.7 Å². The number of ether oxygens (including phenoxy) is 1. The van der Waals surface area contributed by atoms with Gasteiger partial charge < -0.3 is 32.7 Å². The molecule has 0 bridgehead atoms. The molecule has 0 heterocycles. The summed E-state index contributed by atoms with van der Waals surface area (Å²) in [6, 6.07) is 10.7. The van der Waals surface area contributed by atoms with Gasteiger partial charge in [0.15, 0.2) is 0 Å². The van der Waals surface area contributed by atoms with E-state index in [0.29, 0.717) is 16.5 Å². The van der Waals surface area contributed by atoms with Crippen LogP contribution in [0, 0.1) is 6.92 Å². The summed E-state index contributed by atoms with van der Waals surface area (Å²) in [6.45, 7) is 8.10. The van der Waals surface area contributed by atoms with Gasteiger partial charge >= 0.3 is 6.03 Å². The first-order valence-electron chi connectivity index (χ1n) is 8.25. The summed E-state index contributed by atoms with van der Waals surface area (Å²) in [7, 11) is 1.54. The van der Waals surface area contributed by atoms with Gasteiger partial charge in [-0.25, -0.2) is 4.79 Å². The van der Waals surface area contributed by atoms with Gasteiger partial charge in [-0.2, -0.15) is 0 Å². The third-order valence-corrected chi connectivity index (χ3v) is 4.23. The Balaban J connectivity index is 0.00000338. The maximum Gasteiger partial charge on any atom is 0.323 e. The number of amides is 2. The molecule has 0 aliphatic heterocycles. The van der Waals surface area contributed by atoms with E-state index >= 15 is 0 Å². The lowest BCUT2D eigenvalue weighted by molar-refractivity contribution is -0.00000829. The molecule has 0 aliphatic rings. The topological polar surface area (TPSA) is 53.6 Å². The average Bonchev–Trinajstić information content (AvgIpc) is 2.58. The van der Waals surface area contributed by atoms with Crippen LogP contribution in [0.25, 0.3) is 0 Å². The van der Waals surface area contributed by atoms with Crippen molar-refractivity contribution in [1.82, 2.24) is 0 Å². The van der Waals surface area contributed by atoms with E-state index in [2.05, 4.69) is 35.4 Å². The number of nitrogens with one attached hydrogen (secondary N) is 2. The van der Waals surface area contributed by atoms with Crippen LogP contribution in [0.2, 0.25) is 5.02 Å². The molecule has 0 atom stereocenters. The van der Waals surface area contributed by atoms with E-state index < -0.39 is 0 Å². The van der Waals surface area contributed by atoms with Crippen LogP contribution in [0.3, 0.4) is 0 Å². The fourth-order valence-corrected chi connectivity index (χ4v) is 2.80. The summed E-state index contributed by atoms with van der Waals surface area (Å²) in [4.78, 5) is 14.6. The molecule has 7 heteroatoms. The minimum atomic E-state index is -0.348. The lowest BCUT2D eigenvalue weighted by Gasteiger charge is -2.22. The molecule has 0 aliphatic carbocycles. The van der Waals surface area contributed by atoms with Crippen LogP contribution in [-0.2, 0) is 0 Å². The van der Waals surface area contributed by atoms with Crippen molar-refractivity contribution in [2.45, 2.75) is 20.8 Å². The highest BCUT2D eigenvalue weighted by Crippen LogP contribution is 2.28. The second-order valence-corrected chi connectivity index (χ2v) is 6.03. The molecule has 2 aromatic carbocycles. The lowest BCUT2D eigenvalue weighted by Crippen LogP contribution is -3.00. The summed E-state index contributed by atoms with van der Waals surface area (Å²) in [6.07, 6.45) is 0. The molecule has 142 valence electrons. The highest BCUT2D eigenvalue weighted by Gasteiger charge is 2.11. The van der Waals surface area contributed by atoms with Crippen LogP contribution in [0.1, 0.15) is 19.4 Å². The van der Waals surface area contributed by atoms with Crippen LogP contribution in [0.5, 0.6) is 5.75 Å². The highest BCUT2D eigenvalue weighted by molar-refractivity contribution is 6.31. The lowest BCUT2D eigenvalue weighted by atomic mass is 10.1. The van der Waals surface area contributed by atoms with Crippen molar-refractivity contribution in [2.75, 3.05) is 35.7 Å². The van der Waals surface area contributed by atoms with Crippen molar-refractivity contribution in [2.24, 2.45) is 0 Å². The summed E-state index contributed by atoms with van der Waals surface area (Å²) < 4.78 is 5.24. The number of carbonyl (C=O) groups is 1. The molecule has 0 saturated carbocycles. The first kappa shape index (κ1) is 21.9. The zero-order valence-electron chi connectivity index (χ0n) is 15.4. The smallest absolute Gasteiger partial charge is 0.323 e. The average molecular weight is 397 g/mol. The van der Waals surface area contributed by atoms with Crippen LogP contribution in [0.4, 0.5) is 21.9 Å². The number of nitrogens with zero attached hydrogens (tertiary/aromatic N) is 1. The summed E-state index contributed by atoms with van der Waals surface area (Å²) in [5.41, 5.74) is 3.42. The van der Waals surface area contributed by atoms with Crippen LogP contribution >= 0.6 is 11.6 Å². The standard InChI is InChI=1S/C19H24ClN3O2.ClH/c1-5-23(6-2)15-8-9-16(13(3)11-15)21-19(24)22-17-12-14(20)7-10-18(17)25-4;/h7-12H,5-6H2,1-4H3,(H2,21,22,24);1H/p-1. The second kappa shape index (κ2) is 10.1. The number of hydrogen-bond acceptors (Lipinski definition) is 3. The number of anilines is 3. The maximum absolute atomic E-state index is 12.3. The molecule has 2 rings (SSSR count). The molecule has 0 radical (unpaired) electrons. The van der Waals surface area contributed by atoms with E-state index in [1.54, 1.807) is 25.3 Å². The summed E-state index contributed by atoms with van der Waals surface area (Å²) >= 11 is 5.99. The van der Waals surface area contributed by atoms with Gasteiger partial charge in [0, 0.05) is 29.5 Å². The van der Waals surface area contributed by atoms with Crippen molar-refractivity contribution in [3.05, 3.63) is 47.0 Å². The Bertz CT molecular complexity index is 750. The Morgan fingerprint density at radius 2 is 1.73 bits per heavy atom. The Morgan fingerprint density at radius 3 is 2.31 bits per heavy atom. The van der Waals surface area contributed by atoms with Gasteiger partial charge in [0.05, 0.1) is 12.8 Å². The van der Waals surface area contributed by atoms with Crippen molar-refractivity contribution < 1.29 is 21.9 Å². The Kier molecular flexibility index (Phi) is 8.55. The van der Waals surface area contributed by atoms with E-state index in [1.165, 1.54) is 0 Å². The van der Waals surface area contributed by atoms with E-state index in [-0.39, 0.29) is 18.4 Å². The molecule has 0 aromatic heterocycles. The van der Waals surface area contributed by atoms with Crippen LogP contribution in [0.15, 0.2) is 36.4 Å². The molecule has 5 nitrogen and oxygen atoms in total. The monoisotopic (exact) mass is 396 g/mol. The Morgan fingerprint density at radius 1 is 1.08 bits per heavy atom. The second-order valence-electron chi connectivity index (χ2n) is 5.60. The fourth-order valence-electron chi connectivity index (χ4n) is 2.63. The number of hydrogen-bond donors (Lipinski definition) is 2. The Labute approximate surface area is 166 Å².